The van der Waals surface area contributed by atoms with E-state index in [9.17, 15) is 4.79 Å². The molecule has 0 saturated heterocycles. The molecule has 0 radical (unpaired) electrons. The molecule has 3 N–H and O–H groups in total. The minimum Gasteiger partial charge on any atom is -0.310 e. The number of nitrogens with one attached hydrogen (secondary N) is 3. The van der Waals surface area contributed by atoms with E-state index >= 15 is 0 Å². The van der Waals surface area contributed by atoms with E-state index in [1.165, 1.54) is 24.8 Å². The van der Waals surface area contributed by atoms with Gasteiger partial charge in [0.25, 0.3) is 0 Å². The van der Waals surface area contributed by atoms with Crippen LogP contribution in [0.3, 0.4) is 0 Å². The summed E-state index contributed by atoms with van der Waals surface area (Å²) in [4.78, 5) is 17.1. The first-order valence-electron chi connectivity index (χ1n) is 7.80. The number of aromatic amines is 2. The topological polar surface area (TPSA) is 60.7 Å². The van der Waals surface area contributed by atoms with Crippen LogP contribution in [0.1, 0.15) is 57.6 Å². The van der Waals surface area contributed by atoms with Gasteiger partial charge in [-0.2, -0.15) is 0 Å². The molecule has 0 aliphatic carbocycles. The number of H-pyrrole nitrogens is 2. The lowest BCUT2D eigenvalue weighted by atomic mass is 9.99. The lowest BCUT2D eigenvalue weighted by molar-refractivity contribution is 0.473. The molecule has 116 valence electrons. The molecule has 2 aromatic rings. The van der Waals surface area contributed by atoms with Gasteiger partial charge in [-0.25, -0.2) is 4.79 Å². The van der Waals surface area contributed by atoms with E-state index in [1.807, 2.05) is 6.07 Å². The summed E-state index contributed by atoms with van der Waals surface area (Å²) in [6.45, 7) is 5.41. The molecule has 0 amide bonds. The van der Waals surface area contributed by atoms with E-state index in [0.29, 0.717) is 6.04 Å². The standard InChI is InChI=1S/C16H24BrN3O/c1-3-5-6-7-13(18-8-4-2)11-9-14-15(10-12(11)17)20-16(21)19-14/h9-10,13,18H,3-8H2,1-2H3,(H2,19,20,21). The summed E-state index contributed by atoms with van der Waals surface area (Å²) in [6, 6.07) is 4.40. The van der Waals surface area contributed by atoms with Crippen LogP contribution >= 0.6 is 15.9 Å². The Hall–Kier alpha value is -1.07. The predicted octanol–water partition coefficient (Wildman–Crippen LogP) is 4.24. The van der Waals surface area contributed by atoms with Crippen molar-refractivity contribution in [2.45, 2.75) is 52.0 Å². The maximum absolute atomic E-state index is 11.4. The molecule has 1 aromatic heterocycles. The normalized spacial score (nSPS) is 12.9. The third-order valence-electron chi connectivity index (χ3n) is 3.75. The van der Waals surface area contributed by atoms with Crippen LogP contribution in [0.2, 0.25) is 0 Å². The lowest BCUT2D eigenvalue weighted by Crippen LogP contribution is -2.22. The molecular weight excluding hydrogens is 330 g/mol. The Morgan fingerprint density at radius 1 is 1.14 bits per heavy atom. The Morgan fingerprint density at radius 3 is 2.52 bits per heavy atom. The highest BCUT2D eigenvalue weighted by Crippen LogP contribution is 2.30. The van der Waals surface area contributed by atoms with Crippen molar-refractivity contribution < 1.29 is 0 Å². The maximum atomic E-state index is 11.4. The molecule has 0 bridgehead atoms. The molecular formula is C16H24BrN3O. The number of imidazole rings is 1. The number of unbranched alkanes of at least 4 members (excludes halogenated alkanes) is 2. The van der Waals surface area contributed by atoms with E-state index in [-0.39, 0.29) is 5.69 Å². The van der Waals surface area contributed by atoms with Gasteiger partial charge < -0.3 is 15.3 Å². The second-order valence-electron chi connectivity index (χ2n) is 5.50. The molecule has 1 aromatic carbocycles. The minimum absolute atomic E-state index is 0.155. The van der Waals surface area contributed by atoms with Crippen molar-refractivity contribution in [2.75, 3.05) is 6.54 Å². The summed E-state index contributed by atoms with van der Waals surface area (Å²) in [6.07, 6.45) is 5.93. The molecule has 21 heavy (non-hydrogen) atoms. The summed E-state index contributed by atoms with van der Waals surface area (Å²) < 4.78 is 1.05. The van der Waals surface area contributed by atoms with Gasteiger partial charge in [-0.15, -0.1) is 0 Å². The van der Waals surface area contributed by atoms with Gasteiger partial charge in [0.1, 0.15) is 0 Å². The second-order valence-corrected chi connectivity index (χ2v) is 6.36. The number of hydrogen-bond acceptors (Lipinski definition) is 2. The average molecular weight is 354 g/mol. The van der Waals surface area contributed by atoms with Gasteiger partial charge in [-0.1, -0.05) is 49.0 Å². The number of halogens is 1. The predicted molar refractivity (Wildman–Crippen MR) is 91.8 cm³/mol. The molecule has 0 aliphatic rings. The number of hydrogen-bond donors (Lipinski definition) is 3. The van der Waals surface area contributed by atoms with Crippen molar-refractivity contribution in [3.8, 4) is 0 Å². The molecule has 1 atom stereocenters. The van der Waals surface area contributed by atoms with E-state index in [0.717, 1.165) is 34.9 Å². The van der Waals surface area contributed by atoms with Crippen LogP contribution in [0.25, 0.3) is 11.0 Å². The van der Waals surface area contributed by atoms with Gasteiger partial charge in [-0.3, -0.25) is 0 Å². The van der Waals surface area contributed by atoms with Gasteiger partial charge in [0.2, 0.25) is 0 Å². The van der Waals surface area contributed by atoms with Crippen LogP contribution in [-0.4, -0.2) is 16.5 Å². The Kier molecular flexibility index (Phi) is 6.06. The third kappa shape index (κ3) is 4.20. The number of rotatable bonds is 8. The smallest absolute Gasteiger partial charge is 0.310 e. The largest absolute Gasteiger partial charge is 0.323 e. The molecule has 0 fully saturated rings. The third-order valence-corrected chi connectivity index (χ3v) is 4.43. The van der Waals surface area contributed by atoms with Crippen LogP contribution in [0.15, 0.2) is 21.4 Å². The zero-order chi connectivity index (χ0) is 15.2. The zero-order valence-corrected chi connectivity index (χ0v) is 14.3. The van der Waals surface area contributed by atoms with Crippen molar-refractivity contribution in [3.05, 3.63) is 32.7 Å². The fraction of sp³-hybridized carbons (Fsp3) is 0.562. The number of benzene rings is 1. The molecule has 1 unspecified atom stereocenters. The highest BCUT2D eigenvalue weighted by atomic mass is 79.9. The molecule has 5 heteroatoms. The first kappa shape index (κ1) is 16.3. The molecule has 2 rings (SSSR count). The summed E-state index contributed by atoms with van der Waals surface area (Å²) in [5.74, 6) is 0. The van der Waals surface area contributed by atoms with E-state index < -0.39 is 0 Å². The lowest BCUT2D eigenvalue weighted by Gasteiger charge is -2.20. The zero-order valence-electron chi connectivity index (χ0n) is 12.8. The Balaban J connectivity index is 2.28. The van der Waals surface area contributed by atoms with E-state index in [1.54, 1.807) is 0 Å². The maximum Gasteiger partial charge on any atom is 0.323 e. The SMILES string of the molecule is CCCCCC(NCCC)c1cc2[nH]c(=O)[nH]c2cc1Br. The highest BCUT2D eigenvalue weighted by Gasteiger charge is 2.15. The van der Waals surface area contributed by atoms with Crippen molar-refractivity contribution >= 4 is 27.0 Å². The van der Waals surface area contributed by atoms with Crippen LogP contribution in [0.5, 0.6) is 0 Å². The Morgan fingerprint density at radius 2 is 1.86 bits per heavy atom. The highest BCUT2D eigenvalue weighted by molar-refractivity contribution is 9.10. The van der Waals surface area contributed by atoms with Crippen LogP contribution in [-0.2, 0) is 0 Å². The van der Waals surface area contributed by atoms with Gasteiger partial charge in [-0.05, 0) is 37.1 Å². The van der Waals surface area contributed by atoms with Gasteiger partial charge in [0.05, 0.1) is 11.0 Å². The summed E-state index contributed by atoms with van der Waals surface area (Å²) >= 11 is 3.65. The number of aromatic nitrogens is 2. The summed E-state index contributed by atoms with van der Waals surface area (Å²) in [5.41, 5.74) is 2.79. The van der Waals surface area contributed by atoms with Gasteiger partial charge in [0.15, 0.2) is 0 Å². The molecule has 4 nitrogen and oxygen atoms in total. The Labute approximate surface area is 133 Å². The van der Waals surface area contributed by atoms with Gasteiger partial charge >= 0.3 is 5.69 Å². The first-order valence-corrected chi connectivity index (χ1v) is 8.59. The van der Waals surface area contributed by atoms with Crippen molar-refractivity contribution in [2.24, 2.45) is 0 Å². The van der Waals surface area contributed by atoms with Crippen molar-refractivity contribution in [1.82, 2.24) is 15.3 Å². The molecule has 0 saturated carbocycles. The van der Waals surface area contributed by atoms with Crippen molar-refractivity contribution in [1.29, 1.82) is 0 Å². The molecule has 1 heterocycles. The van der Waals surface area contributed by atoms with Crippen LogP contribution in [0.4, 0.5) is 0 Å². The fourth-order valence-corrected chi connectivity index (χ4v) is 3.24. The summed E-state index contributed by atoms with van der Waals surface area (Å²) in [7, 11) is 0. The minimum atomic E-state index is -0.155. The van der Waals surface area contributed by atoms with Gasteiger partial charge in [0, 0.05) is 10.5 Å². The molecule has 0 aliphatic heterocycles. The Bertz CT molecular complexity index is 632. The van der Waals surface area contributed by atoms with Crippen molar-refractivity contribution in [3.63, 3.8) is 0 Å². The second kappa shape index (κ2) is 7.80. The van der Waals surface area contributed by atoms with Crippen LogP contribution in [0, 0.1) is 0 Å². The fourth-order valence-electron chi connectivity index (χ4n) is 2.62. The summed E-state index contributed by atoms with van der Waals surface area (Å²) in [5, 5.41) is 3.62. The van der Waals surface area contributed by atoms with Crippen LogP contribution < -0.4 is 11.0 Å². The first-order chi connectivity index (χ1) is 10.2. The monoisotopic (exact) mass is 353 g/mol. The average Bonchev–Trinajstić information content (AvgIpc) is 2.81. The quantitative estimate of drug-likeness (QED) is 0.621. The van der Waals surface area contributed by atoms with E-state index in [2.05, 4.69) is 51.1 Å². The number of fused-ring (bicyclic) bond motifs is 1. The molecule has 0 spiro atoms. The van der Waals surface area contributed by atoms with E-state index in [4.69, 9.17) is 0 Å².